The van der Waals surface area contributed by atoms with E-state index in [-0.39, 0.29) is 0 Å². The molecule has 1 fully saturated rings. The third-order valence-electron chi connectivity index (χ3n) is 2.85. The Labute approximate surface area is 86.1 Å². The molecule has 0 radical (unpaired) electrons. The molecule has 0 N–H and O–H groups in total. The highest BCUT2D eigenvalue weighted by atomic mass is 14.2. The highest BCUT2D eigenvalue weighted by Gasteiger charge is 2.19. The molecule has 0 aliphatic heterocycles. The van der Waals surface area contributed by atoms with E-state index in [9.17, 15) is 0 Å². The van der Waals surface area contributed by atoms with Gasteiger partial charge in [-0.1, -0.05) is 73.6 Å². The zero-order valence-corrected chi connectivity index (χ0v) is 10.7. The van der Waals surface area contributed by atoms with Gasteiger partial charge in [-0.15, -0.1) is 0 Å². The van der Waals surface area contributed by atoms with E-state index >= 15 is 0 Å². The van der Waals surface area contributed by atoms with Gasteiger partial charge in [0.25, 0.3) is 0 Å². The maximum absolute atomic E-state index is 2.40. The van der Waals surface area contributed by atoms with Gasteiger partial charge in [-0.25, -0.2) is 0 Å². The van der Waals surface area contributed by atoms with Gasteiger partial charge in [0.2, 0.25) is 0 Å². The molecule has 0 bridgehead atoms. The largest absolute Gasteiger partial charge is 0.0683 e. The molecule has 1 atom stereocenters. The van der Waals surface area contributed by atoms with Crippen LogP contribution in [0.1, 0.15) is 73.6 Å². The minimum absolute atomic E-state index is 0.993. The zero-order valence-electron chi connectivity index (χ0n) is 10.7. The summed E-state index contributed by atoms with van der Waals surface area (Å²) in [5, 5.41) is 0. The van der Waals surface area contributed by atoms with Crippen LogP contribution in [0.5, 0.6) is 0 Å². The fraction of sp³-hybridized carbons (Fsp3) is 1.00. The summed E-state index contributed by atoms with van der Waals surface area (Å²) in [7, 11) is 0. The molecule has 1 unspecified atom stereocenters. The van der Waals surface area contributed by atoms with Gasteiger partial charge in [0.15, 0.2) is 0 Å². The fourth-order valence-corrected chi connectivity index (χ4v) is 1.86. The monoisotopic (exact) mass is 186 g/mol. The second-order valence-electron chi connectivity index (χ2n) is 3.43. The van der Waals surface area contributed by atoms with Gasteiger partial charge in [0, 0.05) is 0 Å². The van der Waals surface area contributed by atoms with Crippen LogP contribution < -0.4 is 0 Å². The summed E-state index contributed by atoms with van der Waals surface area (Å²) in [6.07, 6.45) is 7.39. The van der Waals surface area contributed by atoms with Crippen LogP contribution in [0.2, 0.25) is 0 Å². The zero-order chi connectivity index (χ0) is 10.7. The van der Waals surface area contributed by atoms with E-state index in [1.165, 1.54) is 32.1 Å². The summed E-state index contributed by atoms with van der Waals surface area (Å²) in [4.78, 5) is 0. The summed E-state index contributed by atoms with van der Waals surface area (Å²) in [6.45, 7) is 12.7. The Morgan fingerprint density at radius 1 is 1.00 bits per heavy atom. The molecular formula is C13H30. The Morgan fingerprint density at radius 3 is 1.69 bits per heavy atom. The molecule has 0 aromatic rings. The lowest BCUT2D eigenvalue weighted by Crippen LogP contribution is -2.05. The maximum atomic E-state index is 2.40. The first-order valence-electron chi connectivity index (χ1n) is 6.34. The van der Waals surface area contributed by atoms with Gasteiger partial charge >= 0.3 is 0 Å². The smallest absolute Gasteiger partial charge is 0.0389 e. The number of rotatable bonds is 2. The van der Waals surface area contributed by atoms with Crippen molar-refractivity contribution in [1.29, 1.82) is 0 Å². The van der Waals surface area contributed by atoms with Crippen molar-refractivity contribution in [3.63, 3.8) is 0 Å². The van der Waals surface area contributed by atoms with Crippen LogP contribution in [0.3, 0.4) is 0 Å². The predicted molar refractivity (Wildman–Crippen MR) is 64.1 cm³/mol. The molecule has 0 aromatic heterocycles. The predicted octanol–water partition coefficient (Wildman–Crippen LogP) is 5.28. The SMILES string of the molecule is CC.CC.CCC(C)C1CCCC1. The Kier molecular flexibility index (Phi) is 14.3. The maximum Gasteiger partial charge on any atom is -0.0389 e. The van der Waals surface area contributed by atoms with Gasteiger partial charge < -0.3 is 0 Å². The van der Waals surface area contributed by atoms with Gasteiger partial charge in [0.1, 0.15) is 0 Å². The Bertz CT molecular complexity index is 70.1. The van der Waals surface area contributed by atoms with E-state index in [1.54, 1.807) is 0 Å². The number of hydrogen-bond acceptors (Lipinski definition) is 0. The summed E-state index contributed by atoms with van der Waals surface area (Å²) in [5.74, 6) is 2.07. The highest BCUT2D eigenvalue weighted by Crippen LogP contribution is 2.32. The third-order valence-corrected chi connectivity index (χ3v) is 2.85. The van der Waals surface area contributed by atoms with Crippen LogP contribution in [0.4, 0.5) is 0 Å². The lowest BCUT2D eigenvalue weighted by atomic mass is 9.91. The molecule has 1 saturated carbocycles. The van der Waals surface area contributed by atoms with Crippen molar-refractivity contribution in [3.8, 4) is 0 Å². The van der Waals surface area contributed by atoms with Crippen molar-refractivity contribution in [3.05, 3.63) is 0 Å². The topological polar surface area (TPSA) is 0 Å². The second-order valence-corrected chi connectivity index (χ2v) is 3.43. The van der Waals surface area contributed by atoms with Crippen molar-refractivity contribution in [2.75, 3.05) is 0 Å². The van der Waals surface area contributed by atoms with Crippen molar-refractivity contribution >= 4 is 0 Å². The van der Waals surface area contributed by atoms with Crippen LogP contribution >= 0.6 is 0 Å². The van der Waals surface area contributed by atoms with Crippen molar-refractivity contribution < 1.29 is 0 Å². The highest BCUT2D eigenvalue weighted by molar-refractivity contribution is 4.71. The molecule has 13 heavy (non-hydrogen) atoms. The molecule has 0 spiro atoms. The average Bonchev–Trinajstić information content (AvgIpc) is 2.76. The fourth-order valence-electron chi connectivity index (χ4n) is 1.86. The van der Waals surface area contributed by atoms with E-state index in [0.29, 0.717) is 0 Å². The van der Waals surface area contributed by atoms with E-state index in [2.05, 4.69) is 13.8 Å². The molecule has 0 heterocycles. The quantitative estimate of drug-likeness (QED) is 0.551. The van der Waals surface area contributed by atoms with Crippen LogP contribution in [-0.4, -0.2) is 0 Å². The van der Waals surface area contributed by atoms with Crippen molar-refractivity contribution in [2.24, 2.45) is 11.8 Å². The minimum atomic E-state index is 0.993. The first-order chi connectivity index (χ1) is 6.34. The van der Waals surface area contributed by atoms with Crippen LogP contribution in [0.25, 0.3) is 0 Å². The first-order valence-corrected chi connectivity index (χ1v) is 6.34. The molecule has 1 aliphatic rings. The summed E-state index contributed by atoms with van der Waals surface area (Å²) in [6, 6.07) is 0. The van der Waals surface area contributed by atoms with Gasteiger partial charge in [-0.3, -0.25) is 0 Å². The van der Waals surface area contributed by atoms with Crippen LogP contribution in [0.15, 0.2) is 0 Å². The average molecular weight is 186 g/mol. The molecule has 82 valence electrons. The lowest BCUT2D eigenvalue weighted by Gasteiger charge is -2.15. The van der Waals surface area contributed by atoms with Gasteiger partial charge in [-0.05, 0) is 11.8 Å². The molecule has 0 heteroatoms. The summed E-state index contributed by atoms with van der Waals surface area (Å²) >= 11 is 0. The van der Waals surface area contributed by atoms with E-state index in [1.807, 2.05) is 27.7 Å². The molecule has 0 nitrogen and oxygen atoms in total. The molecule has 0 saturated heterocycles. The standard InChI is InChI=1S/C9H18.2C2H6/c1-3-8(2)9-6-4-5-7-9;2*1-2/h8-9H,3-7H2,1-2H3;2*1-2H3. The minimum Gasteiger partial charge on any atom is -0.0683 e. The van der Waals surface area contributed by atoms with E-state index in [4.69, 9.17) is 0 Å². The van der Waals surface area contributed by atoms with Crippen LogP contribution in [0, 0.1) is 11.8 Å². The Balaban J connectivity index is 0. The molecule has 1 rings (SSSR count). The van der Waals surface area contributed by atoms with Crippen molar-refractivity contribution in [2.45, 2.75) is 73.6 Å². The third kappa shape index (κ3) is 7.10. The number of hydrogen-bond donors (Lipinski definition) is 0. The molecule has 1 aliphatic carbocycles. The Hall–Kier alpha value is 0. The van der Waals surface area contributed by atoms with E-state index < -0.39 is 0 Å². The second kappa shape index (κ2) is 12.0. The molecule has 0 amide bonds. The first kappa shape index (κ1) is 15.5. The van der Waals surface area contributed by atoms with Crippen LogP contribution in [-0.2, 0) is 0 Å². The summed E-state index contributed by atoms with van der Waals surface area (Å²) < 4.78 is 0. The molecular weight excluding hydrogens is 156 g/mol. The Morgan fingerprint density at radius 2 is 1.38 bits per heavy atom. The van der Waals surface area contributed by atoms with Crippen molar-refractivity contribution in [1.82, 2.24) is 0 Å². The van der Waals surface area contributed by atoms with Gasteiger partial charge in [-0.2, -0.15) is 0 Å². The normalized spacial score (nSPS) is 18.0. The van der Waals surface area contributed by atoms with E-state index in [0.717, 1.165) is 11.8 Å². The lowest BCUT2D eigenvalue weighted by molar-refractivity contribution is 0.357. The van der Waals surface area contributed by atoms with Gasteiger partial charge in [0.05, 0.1) is 0 Å². The molecule has 0 aromatic carbocycles. The summed E-state index contributed by atoms with van der Waals surface area (Å²) in [5.41, 5.74) is 0.